The summed E-state index contributed by atoms with van der Waals surface area (Å²) in [5, 5.41) is 7.70. The first-order chi connectivity index (χ1) is 13.5. The lowest BCUT2D eigenvalue weighted by Gasteiger charge is -2.34. The number of amides is 2. The van der Waals surface area contributed by atoms with Gasteiger partial charge in [0.1, 0.15) is 0 Å². The Morgan fingerprint density at radius 1 is 1.29 bits per heavy atom. The summed E-state index contributed by atoms with van der Waals surface area (Å²) >= 11 is 0. The highest BCUT2D eigenvalue weighted by Crippen LogP contribution is 2.14. The average molecular weight is 384 g/mol. The normalized spacial score (nSPS) is 17.5. The van der Waals surface area contributed by atoms with Crippen molar-refractivity contribution in [3.63, 3.8) is 0 Å². The molecule has 1 aromatic heterocycles. The van der Waals surface area contributed by atoms with Crippen molar-refractivity contribution in [2.75, 3.05) is 26.7 Å². The molecular formula is C22H33N5O. The molecule has 0 spiro atoms. The number of hydrogen-bond donors (Lipinski definition) is 1. The van der Waals surface area contributed by atoms with Crippen molar-refractivity contribution < 1.29 is 4.79 Å². The predicted octanol–water partition coefficient (Wildman–Crippen LogP) is 3.20. The molecule has 2 heterocycles. The van der Waals surface area contributed by atoms with Crippen LogP contribution >= 0.6 is 0 Å². The first-order valence-electron chi connectivity index (χ1n) is 10.3. The number of likely N-dealkylation sites (tertiary alicyclic amines) is 1. The molecule has 1 aliphatic heterocycles. The summed E-state index contributed by atoms with van der Waals surface area (Å²) in [6.45, 7) is 8.61. The summed E-state index contributed by atoms with van der Waals surface area (Å²) in [5.41, 5.74) is 3.54. The van der Waals surface area contributed by atoms with Crippen LogP contribution in [0.25, 0.3) is 0 Å². The Bertz CT molecular complexity index is 758. The largest absolute Gasteiger partial charge is 0.334 e. The Kier molecular flexibility index (Phi) is 7.09. The summed E-state index contributed by atoms with van der Waals surface area (Å²) in [4.78, 5) is 16.8. The van der Waals surface area contributed by atoms with Crippen molar-refractivity contribution in [1.82, 2.24) is 24.9 Å². The van der Waals surface area contributed by atoms with Gasteiger partial charge in [0, 0.05) is 45.0 Å². The smallest absolute Gasteiger partial charge is 0.317 e. The third-order valence-electron chi connectivity index (χ3n) is 5.40. The zero-order valence-corrected chi connectivity index (χ0v) is 17.4. The second-order valence-electron chi connectivity index (χ2n) is 7.93. The highest BCUT2D eigenvalue weighted by molar-refractivity contribution is 5.74. The van der Waals surface area contributed by atoms with Crippen LogP contribution in [-0.2, 0) is 13.1 Å². The standard InChI is InChI=1S/C22H33N5O/c1-18-15-19(2)27(24-18)14-8-12-25(3)22(28)23-21-11-7-13-26(17-21)16-20-9-5-4-6-10-20/h4-6,9-10,15,21H,7-8,11-14,16-17H2,1-3H3,(H,23,28)/t21-/m0/s1. The lowest BCUT2D eigenvalue weighted by Crippen LogP contribution is -2.50. The van der Waals surface area contributed by atoms with Gasteiger partial charge in [-0.1, -0.05) is 30.3 Å². The van der Waals surface area contributed by atoms with Crippen molar-refractivity contribution >= 4 is 6.03 Å². The lowest BCUT2D eigenvalue weighted by molar-refractivity contribution is 0.167. The van der Waals surface area contributed by atoms with Gasteiger partial charge in [-0.2, -0.15) is 5.10 Å². The fourth-order valence-corrected chi connectivity index (χ4v) is 3.90. The van der Waals surface area contributed by atoms with Crippen LogP contribution in [-0.4, -0.2) is 58.3 Å². The molecule has 1 aromatic carbocycles. The van der Waals surface area contributed by atoms with Crippen LogP contribution in [0.3, 0.4) is 0 Å². The molecule has 0 unspecified atom stereocenters. The maximum Gasteiger partial charge on any atom is 0.317 e. The van der Waals surface area contributed by atoms with Crippen LogP contribution in [0.4, 0.5) is 4.79 Å². The topological polar surface area (TPSA) is 53.4 Å². The number of aryl methyl sites for hydroxylation is 3. The number of hydrogen-bond acceptors (Lipinski definition) is 3. The molecular weight excluding hydrogens is 350 g/mol. The van der Waals surface area contributed by atoms with E-state index in [1.165, 1.54) is 11.3 Å². The molecule has 0 saturated carbocycles. The van der Waals surface area contributed by atoms with Crippen molar-refractivity contribution in [2.45, 2.75) is 52.2 Å². The number of carbonyl (C=O) groups excluding carboxylic acids is 1. The van der Waals surface area contributed by atoms with E-state index in [-0.39, 0.29) is 12.1 Å². The Hall–Kier alpha value is -2.34. The highest BCUT2D eigenvalue weighted by Gasteiger charge is 2.22. The zero-order chi connectivity index (χ0) is 19.9. The van der Waals surface area contributed by atoms with E-state index in [0.717, 1.165) is 57.7 Å². The van der Waals surface area contributed by atoms with Gasteiger partial charge in [0.25, 0.3) is 0 Å². The van der Waals surface area contributed by atoms with Crippen LogP contribution < -0.4 is 5.32 Å². The number of carbonyl (C=O) groups is 1. The van der Waals surface area contributed by atoms with Gasteiger partial charge in [-0.15, -0.1) is 0 Å². The van der Waals surface area contributed by atoms with E-state index in [1.54, 1.807) is 4.90 Å². The van der Waals surface area contributed by atoms with Crippen LogP contribution in [0, 0.1) is 13.8 Å². The minimum absolute atomic E-state index is 0.0277. The Balaban J connectivity index is 1.41. The monoisotopic (exact) mass is 383 g/mol. The SMILES string of the molecule is Cc1cc(C)n(CCCN(C)C(=O)N[C@H]2CCCN(Cc3ccccc3)C2)n1. The summed E-state index contributed by atoms with van der Waals surface area (Å²) in [6, 6.07) is 12.9. The zero-order valence-electron chi connectivity index (χ0n) is 17.4. The molecule has 1 atom stereocenters. The quantitative estimate of drug-likeness (QED) is 0.799. The number of aromatic nitrogens is 2. The third-order valence-corrected chi connectivity index (χ3v) is 5.40. The number of rotatable bonds is 7. The fraction of sp³-hybridized carbons (Fsp3) is 0.545. The van der Waals surface area contributed by atoms with Gasteiger partial charge < -0.3 is 10.2 Å². The average Bonchev–Trinajstić information content (AvgIpc) is 3.00. The number of nitrogens with one attached hydrogen (secondary N) is 1. The number of piperidine rings is 1. The number of nitrogens with zero attached hydrogens (tertiary/aromatic N) is 4. The Morgan fingerprint density at radius 3 is 2.79 bits per heavy atom. The van der Waals surface area contributed by atoms with E-state index in [4.69, 9.17) is 0 Å². The molecule has 28 heavy (non-hydrogen) atoms. The minimum Gasteiger partial charge on any atom is -0.334 e. The molecule has 1 fully saturated rings. The van der Waals surface area contributed by atoms with E-state index >= 15 is 0 Å². The highest BCUT2D eigenvalue weighted by atomic mass is 16.2. The molecule has 3 rings (SSSR count). The fourth-order valence-electron chi connectivity index (χ4n) is 3.90. The summed E-state index contributed by atoms with van der Waals surface area (Å²) < 4.78 is 2.02. The van der Waals surface area contributed by atoms with Crippen molar-refractivity contribution in [1.29, 1.82) is 0 Å². The van der Waals surface area contributed by atoms with Crippen LogP contribution in [0.5, 0.6) is 0 Å². The van der Waals surface area contributed by atoms with Gasteiger partial charge in [-0.25, -0.2) is 4.79 Å². The first-order valence-corrected chi connectivity index (χ1v) is 10.3. The van der Waals surface area contributed by atoms with Crippen molar-refractivity contribution in [3.05, 3.63) is 53.3 Å². The predicted molar refractivity (Wildman–Crippen MR) is 112 cm³/mol. The van der Waals surface area contributed by atoms with Crippen LogP contribution in [0.2, 0.25) is 0 Å². The lowest BCUT2D eigenvalue weighted by atomic mass is 10.0. The van der Waals surface area contributed by atoms with Crippen LogP contribution in [0.15, 0.2) is 36.4 Å². The Morgan fingerprint density at radius 2 is 2.07 bits per heavy atom. The van der Waals surface area contributed by atoms with E-state index in [9.17, 15) is 4.79 Å². The van der Waals surface area contributed by atoms with E-state index < -0.39 is 0 Å². The molecule has 0 aliphatic carbocycles. The second-order valence-corrected chi connectivity index (χ2v) is 7.93. The number of urea groups is 1. The second kappa shape index (κ2) is 9.73. The van der Waals surface area contributed by atoms with Crippen LogP contribution in [0.1, 0.15) is 36.2 Å². The van der Waals surface area contributed by atoms with Gasteiger partial charge in [0.15, 0.2) is 0 Å². The summed E-state index contributed by atoms with van der Waals surface area (Å²) in [5.74, 6) is 0. The number of benzene rings is 1. The summed E-state index contributed by atoms with van der Waals surface area (Å²) in [6.07, 6.45) is 3.08. The molecule has 2 aromatic rings. The van der Waals surface area contributed by atoms with Crippen molar-refractivity contribution in [2.24, 2.45) is 0 Å². The van der Waals surface area contributed by atoms with Gasteiger partial charge in [-0.3, -0.25) is 9.58 Å². The van der Waals surface area contributed by atoms with E-state index in [2.05, 4.69) is 52.6 Å². The Labute approximate surface area is 168 Å². The van der Waals surface area contributed by atoms with Gasteiger partial charge in [0.2, 0.25) is 0 Å². The minimum atomic E-state index is 0.0277. The van der Waals surface area contributed by atoms with Gasteiger partial charge in [-0.05, 0) is 51.3 Å². The molecule has 1 N–H and O–H groups in total. The molecule has 0 radical (unpaired) electrons. The molecule has 6 nitrogen and oxygen atoms in total. The maximum absolute atomic E-state index is 12.6. The van der Waals surface area contributed by atoms with Gasteiger partial charge >= 0.3 is 6.03 Å². The first kappa shape index (κ1) is 20.4. The third kappa shape index (κ3) is 5.83. The molecule has 152 valence electrons. The molecule has 6 heteroatoms. The molecule has 1 saturated heterocycles. The van der Waals surface area contributed by atoms with E-state index in [0.29, 0.717) is 0 Å². The van der Waals surface area contributed by atoms with E-state index in [1.807, 2.05) is 24.7 Å². The molecule has 0 bridgehead atoms. The summed E-state index contributed by atoms with van der Waals surface area (Å²) in [7, 11) is 1.88. The molecule has 1 aliphatic rings. The maximum atomic E-state index is 12.6. The van der Waals surface area contributed by atoms with Crippen molar-refractivity contribution in [3.8, 4) is 0 Å². The van der Waals surface area contributed by atoms with Gasteiger partial charge in [0.05, 0.1) is 5.69 Å². The molecule has 2 amide bonds.